The molecule has 4 N–H and O–H groups in total. The van der Waals surface area contributed by atoms with E-state index >= 15 is 0 Å². The van der Waals surface area contributed by atoms with Crippen molar-refractivity contribution < 1.29 is 9.53 Å². The van der Waals surface area contributed by atoms with Gasteiger partial charge in [0.05, 0.1) is 12.1 Å². The maximum Gasteiger partial charge on any atom is 0.237 e. The van der Waals surface area contributed by atoms with Crippen molar-refractivity contribution in [1.29, 1.82) is 0 Å². The van der Waals surface area contributed by atoms with Crippen molar-refractivity contribution in [2.45, 2.75) is 45.6 Å². The van der Waals surface area contributed by atoms with Gasteiger partial charge in [-0.15, -0.1) is 0 Å². The summed E-state index contributed by atoms with van der Waals surface area (Å²) in [6, 6.07) is 6.18. The molecule has 0 bridgehead atoms. The Bertz CT molecular complexity index is 453. The van der Waals surface area contributed by atoms with Crippen LogP contribution in [0, 0.1) is 6.92 Å². The van der Waals surface area contributed by atoms with Crippen molar-refractivity contribution in [2.75, 3.05) is 6.61 Å². The molecule has 4 nitrogen and oxygen atoms in total. The van der Waals surface area contributed by atoms with Crippen LogP contribution in [0.15, 0.2) is 18.2 Å². The quantitative estimate of drug-likeness (QED) is 0.825. The molecule has 0 heterocycles. The van der Waals surface area contributed by atoms with E-state index in [1.54, 1.807) is 6.92 Å². The second-order valence-electron chi connectivity index (χ2n) is 5.56. The lowest BCUT2D eigenvalue weighted by Crippen LogP contribution is -2.50. The molecule has 1 aromatic rings. The molecule has 0 radical (unpaired) electrons. The smallest absolute Gasteiger partial charge is 0.237 e. The first-order valence-electron chi connectivity index (χ1n) is 6.56. The molecule has 0 aromatic heterocycles. The largest absolute Gasteiger partial charge is 0.493 e. The number of carbonyl (C=O) groups excluding carboxylic acids is 1. The highest BCUT2D eigenvalue weighted by molar-refractivity contribution is 5.83. The fourth-order valence-electron chi connectivity index (χ4n) is 1.63. The molecular formula is C15H24N2O2. The molecule has 0 aliphatic heterocycles. The summed E-state index contributed by atoms with van der Waals surface area (Å²) in [6.45, 7) is 8.26. The van der Waals surface area contributed by atoms with Crippen LogP contribution in [-0.4, -0.2) is 18.1 Å². The zero-order chi connectivity index (χ0) is 14.6. The molecule has 1 rings (SSSR count). The van der Waals surface area contributed by atoms with Crippen molar-refractivity contribution in [3.63, 3.8) is 0 Å². The average Bonchev–Trinajstić information content (AvgIpc) is 2.30. The van der Waals surface area contributed by atoms with E-state index in [9.17, 15) is 4.79 Å². The van der Waals surface area contributed by atoms with Crippen molar-refractivity contribution in [2.24, 2.45) is 11.5 Å². The van der Waals surface area contributed by atoms with Crippen LogP contribution in [-0.2, 0) is 4.79 Å². The van der Waals surface area contributed by atoms with E-state index in [2.05, 4.69) is 19.9 Å². The minimum absolute atomic E-state index is 0.373. The zero-order valence-corrected chi connectivity index (χ0v) is 12.2. The number of hydrogen-bond donors (Lipinski definition) is 2. The Kier molecular flexibility index (Phi) is 4.95. The van der Waals surface area contributed by atoms with Gasteiger partial charge in [-0.2, -0.15) is 0 Å². The highest BCUT2D eigenvalue weighted by Crippen LogP contribution is 2.24. The zero-order valence-electron chi connectivity index (χ0n) is 12.2. The summed E-state index contributed by atoms with van der Waals surface area (Å²) in [5.74, 6) is 0.781. The molecule has 0 aliphatic carbocycles. The SMILES string of the molecule is Cc1ccc(C(C)C)cc1OCCC(C)(N)C(N)=O. The topological polar surface area (TPSA) is 78.3 Å². The molecule has 0 aliphatic rings. The van der Waals surface area contributed by atoms with Crippen LogP contribution >= 0.6 is 0 Å². The molecular weight excluding hydrogens is 240 g/mol. The van der Waals surface area contributed by atoms with Crippen molar-refractivity contribution in [3.05, 3.63) is 29.3 Å². The predicted molar refractivity (Wildman–Crippen MR) is 77.2 cm³/mol. The van der Waals surface area contributed by atoms with Gasteiger partial charge in [-0.05, 0) is 37.0 Å². The van der Waals surface area contributed by atoms with Gasteiger partial charge in [0.25, 0.3) is 0 Å². The Morgan fingerprint density at radius 2 is 2.05 bits per heavy atom. The molecule has 0 spiro atoms. The third-order valence-corrected chi connectivity index (χ3v) is 3.32. The number of ether oxygens (including phenoxy) is 1. The lowest BCUT2D eigenvalue weighted by molar-refractivity contribution is -0.123. The molecule has 4 heteroatoms. The minimum Gasteiger partial charge on any atom is -0.493 e. The number of amides is 1. The van der Waals surface area contributed by atoms with E-state index in [1.807, 2.05) is 19.1 Å². The Morgan fingerprint density at radius 3 is 2.58 bits per heavy atom. The molecule has 0 fully saturated rings. The van der Waals surface area contributed by atoms with E-state index in [-0.39, 0.29) is 0 Å². The van der Waals surface area contributed by atoms with Gasteiger partial charge in [0.1, 0.15) is 5.75 Å². The summed E-state index contributed by atoms with van der Waals surface area (Å²) in [6.07, 6.45) is 0.397. The molecule has 0 saturated heterocycles. The van der Waals surface area contributed by atoms with Gasteiger partial charge in [-0.3, -0.25) is 4.79 Å². The normalized spacial score (nSPS) is 14.2. The molecule has 106 valence electrons. The van der Waals surface area contributed by atoms with Crippen molar-refractivity contribution in [3.8, 4) is 5.75 Å². The molecule has 19 heavy (non-hydrogen) atoms. The van der Waals surface area contributed by atoms with Crippen molar-refractivity contribution >= 4 is 5.91 Å². The third-order valence-electron chi connectivity index (χ3n) is 3.32. The van der Waals surface area contributed by atoms with Gasteiger partial charge >= 0.3 is 0 Å². The Balaban J connectivity index is 2.68. The van der Waals surface area contributed by atoms with Crippen LogP contribution in [0.25, 0.3) is 0 Å². The van der Waals surface area contributed by atoms with E-state index in [0.29, 0.717) is 18.9 Å². The van der Waals surface area contributed by atoms with Crippen LogP contribution in [0.1, 0.15) is 44.2 Å². The number of hydrogen-bond acceptors (Lipinski definition) is 3. The van der Waals surface area contributed by atoms with E-state index < -0.39 is 11.4 Å². The maximum atomic E-state index is 11.1. The monoisotopic (exact) mass is 264 g/mol. The van der Waals surface area contributed by atoms with E-state index in [4.69, 9.17) is 16.2 Å². The predicted octanol–water partition coefficient (Wildman–Crippen LogP) is 2.09. The number of aryl methyl sites for hydroxylation is 1. The number of rotatable bonds is 6. The minimum atomic E-state index is -1.02. The van der Waals surface area contributed by atoms with Crippen LogP contribution in [0.2, 0.25) is 0 Å². The van der Waals surface area contributed by atoms with Crippen LogP contribution < -0.4 is 16.2 Å². The second kappa shape index (κ2) is 6.06. The lowest BCUT2D eigenvalue weighted by atomic mass is 9.99. The fraction of sp³-hybridized carbons (Fsp3) is 0.533. The van der Waals surface area contributed by atoms with Crippen LogP contribution in [0.4, 0.5) is 0 Å². The fourth-order valence-corrected chi connectivity index (χ4v) is 1.63. The third kappa shape index (κ3) is 4.24. The second-order valence-corrected chi connectivity index (χ2v) is 5.56. The lowest BCUT2D eigenvalue weighted by Gasteiger charge is -2.21. The van der Waals surface area contributed by atoms with Crippen LogP contribution in [0.5, 0.6) is 5.75 Å². The summed E-state index contributed by atoms with van der Waals surface area (Å²) in [7, 11) is 0. The summed E-state index contributed by atoms with van der Waals surface area (Å²) in [5.41, 5.74) is 12.3. The standard InChI is InChI=1S/C15H24N2O2/c1-10(2)12-6-5-11(3)13(9-12)19-8-7-15(4,17)14(16)18/h5-6,9-10H,7-8,17H2,1-4H3,(H2,16,18). The van der Waals surface area contributed by atoms with Gasteiger partial charge in [0, 0.05) is 6.42 Å². The first-order chi connectivity index (χ1) is 8.74. The molecule has 1 amide bonds. The number of nitrogens with two attached hydrogens (primary N) is 2. The van der Waals surface area contributed by atoms with E-state index in [1.165, 1.54) is 5.56 Å². The Hall–Kier alpha value is -1.55. The van der Waals surface area contributed by atoms with Gasteiger partial charge < -0.3 is 16.2 Å². The molecule has 1 aromatic carbocycles. The van der Waals surface area contributed by atoms with Gasteiger partial charge in [-0.25, -0.2) is 0 Å². The number of primary amides is 1. The summed E-state index contributed by atoms with van der Waals surface area (Å²) >= 11 is 0. The first-order valence-corrected chi connectivity index (χ1v) is 6.56. The molecule has 1 atom stereocenters. The maximum absolute atomic E-state index is 11.1. The highest BCUT2D eigenvalue weighted by atomic mass is 16.5. The van der Waals surface area contributed by atoms with Crippen LogP contribution in [0.3, 0.4) is 0 Å². The summed E-state index contributed by atoms with van der Waals surface area (Å²) in [4.78, 5) is 11.1. The molecule has 1 unspecified atom stereocenters. The average molecular weight is 264 g/mol. The van der Waals surface area contributed by atoms with Gasteiger partial charge in [0.15, 0.2) is 0 Å². The Morgan fingerprint density at radius 1 is 1.42 bits per heavy atom. The molecule has 0 saturated carbocycles. The summed E-state index contributed by atoms with van der Waals surface area (Å²) < 4.78 is 5.73. The Labute approximate surface area is 115 Å². The number of benzene rings is 1. The first kappa shape index (κ1) is 15.5. The van der Waals surface area contributed by atoms with E-state index in [0.717, 1.165) is 11.3 Å². The number of carbonyl (C=O) groups is 1. The highest BCUT2D eigenvalue weighted by Gasteiger charge is 2.25. The van der Waals surface area contributed by atoms with Crippen molar-refractivity contribution in [1.82, 2.24) is 0 Å². The van der Waals surface area contributed by atoms with Gasteiger partial charge in [0.2, 0.25) is 5.91 Å². The summed E-state index contributed by atoms with van der Waals surface area (Å²) in [5, 5.41) is 0. The van der Waals surface area contributed by atoms with Gasteiger partial charge in [-0.1, -0.05) is 26.0 Å².